The summed E-state index contributed by atoms with van der Waals surface area (Å²) in [4.78, 5) is 8.32. The van der Waals surface area contributed by atoms with Gasteiger partial charge in [-0.1, -0.05) is 18.2 Å². The molecule has 1 heterocycles. The SMILES string of the molecule is CCOCc1cccc(C(O)c2nc(OC)cc(OC)n2)c1N. The number of aliphatic hydroxyl groups excluding tert-OH is 1. The number of methoxy groups -OCH3 is 2. The van der Waals surface area contributed by atoms with Gasteiger partial charge in [0.05, 0.1) is 26.9 Å². The molecule has 2 aromatic rings. The van der Waals surface area contributed by atoms with Crippen LogP contribution in [-0.4, -0.2) is 35.9 Å². The number of anilines is 1. The highest BCUT2D eigenvalue weighted by Gasteiger charge is 2.20. The van der Waals surface area contributed by atoms with Crippen molar-refractivity contribution in [2.24, 2.45) is 0 Å². The molecule has 0 fully saturated rings. The van der Waals surface area contributed by atoms with Crippen LogP contribution < -0.4 is 15.2 Å². The van der Waals surface area contributed by atoms with Gasteiger partial charge in [0.25, 0.3) is 0 Å². The van der Waals surface area contributed by atoms with Gasteiger partial charge in [0.1, 0.15) is 6.10 Å². The standard InChI is InChI=1S/C16H21N3O4/c1-4-23-9-10-6-5-7-11(14(10)17)15(20)16-18-12(21-2)8-13(19-16)22-3/h5-8,15,20H,4,9,17H2,1-3H3. The second-order valence-electron chi connectivity index (χ2n) is 4.77. The van der Waals surface area contributed by atoms with E-state index in [1.165, 1.54) is 20.3 Å². The molecule has 7 heteroatoms. The number of aliphatic hydroxyl groups is 1. The molecular weight excluding hydrogens is 298 g/mol. The first-order chi connectivity index (χ1) is 11.1. The summed E-state index contributed by atoms with van der Waals surface area (Å²) in [5.41, 5.74) is 7.92. The molecule has 1 unspecified atom stereocenters. The molecule has 0 saturated carbocycles. The zero-order valence-electron chi connectivity index (χ0n) is 13.4. The Bertz CT molecular complexity index is 642. The molecule has 0 aliphatic carbocycles. The Labute approximate surface area is 135 Å². The Hall–Kier alpha value is -2.38. The molecule has 1 aromatic carbocycles. The minimum absolute atomic E-state index is 0.154. The highest BCUT2D eigenvalue weighted by Crippen LogP contribution is 2.29. The van der Waals surface area contributed by atoms with Gasteiger partial charge in [-0.2, -0.15) is 9.97 Å². The number of benzene rings is 1. The van der Waals surface area contributed by atoms with Crippen molar-refractivity contribution < 1.29 is 19.3 Å². The summed E-state index contributed by atoms with van der Waals surface area (Å²) in [5.74, 6) is 0.756. The van der Waals surface area contributed by atoms with Gasteiger partial charge in [-0.25, -0.2) is 0 Å². The van der Waals surface area contributed by atoms with Crippen LogP contribution in [0.25, 0.3) is 0 Å². The molecule has 0 saturated heterocycles. The monoisotopic (exact) mass is 319 g/mol. The molecule has 0 radical (unpaired) electrons. The van der Waals surface area contributed by atoms with Crippen LogP contribution in [0, 0.1) is 0 Å². The van der Waals surface area contributed by atoms with E-state index in [9.17, 15) is 5.11 Å². The van der Waals surface area contributed by atoms with Gasteiger partial charge in [-0.05, 0) is 6.92 Å². The Morgan fingerprint density at radius 3 is 2.39 bits per heavy atom. The average molecular weight is 319 g/mol. The van der Waals surface area contributed by atoms with E-state index in [-0.39, 0.29) is 5.82 Å². The van der Waals surface area contributed by atoms with Gasteiger partial charge in [0.2, 0.25) is 11.8 Å². The molecule has 0 bridgehead atoms. The van der Waals surface area contributed by atoms with Crippen molar-refractivity contribution in [2.75, 3.05) is 26.6 Å². The van der Waals surface area contributed by atoms with Crippen LogP contribution >= 0.6 is 0 Å². The van der Waals surface area contributed by atoms with Crippen LogP contribution in [0.2, 0.25) is 0 Å². The minimum Gasteiger partial charge on any atom is -0.481 e. The van der Waals surface area contributed by atoms with E-state index in [0.29, 0.717) is 36.2 Å². The third kappa shape index (κ3) is 3.88. The van der Waals surface area contributed by atoms with Crippen molar-refractivity contribution in [2.45, 2.75) is 19.6 Å². The van der Waals surface area contributed by atoms with Crippen LogP contribution in [-0.2, 0) is 11.3 Å². The van der Waals surface area contributed by atoms with E-state index in [0.717, 1.165) is 5.56 Å². The van der Waals surface area contributed by atoms with Gasteiger partial charge in [0.15, 0.2) is 5.82 Å². The van der Waals surface area contributed by atoms with Crippen molar-refractivity contribution in [3.05, 3.63) is 41.2 Å². The first-order valence-electron chi connectivity index (χ1n) is 7.20. The number of rotatable bonds is 7. The van der Waals surface area contributed by atoms with Crippen molar-refractivity contribution in [3.8, 4) is 11.8 Å². The Morgan fingerprint density at radius 1 is 1.17 bits per heavy atom. The number of nitrogens with zero attached hydrogens (tertiary/aromatic N) is 2. The van der Waals surface area contributed by atoms with Crippen molar-refractivity contribution >= 4 is 5.69 Å². The number of para-hydroxylation sites is 1. The zero-order valence-corrected chi connectivity index (χ0v) is 13.4. The van der Waals surface area contributed by atoms with Gasteiger partial charge in [-0.15, -0.1) is 0 Å². The molecule has 1 aromatic heterocycles. The van der Waals surface area contributed by atoms with Crippen molar-refractivity contribution in [1.29, 1.82) is 0 Å². The largest absolute Gasteiger partial charge is 0.481 e. The first-order valence-corrected chi connectivity index (χ1v) is 7.20. The highest BCUT2D eigenvalue weighted by atomic mass is 16.5. The van der Waals surface area contributed by atoms with Crippen molar-refractivity contribution in [3.63, 3.8) is 0 Å². The van der Waals surface area contributed by atoms with E-state index in [1.54, 1.807) is 12.1 Å². The highest BCUT2D eigenvalue weighted by molar-refractivity contribution is 5.55. The van der Waals surface area contributed by atoms with E-state index in [1.807, 2.05) is 13.0 Å². The second kappa shape index (κ2) is 7.75. The smallest absolute Gasteiger partial charge is 0.220 e. The van der Waals surface area contributed by atoms with E-state index >= 15 is 0 Å². The molecule has 124 valence electrons. The quantitative estimate of drug-likeness (QED) is 0.749. The number of aromatic nitrogens is 2. The normalized spacial score (nSPS) is 12.0. The third-order valence-corrected chi connectivity index (χ3v) is 3.35. The second-order valence-corrected chi connectivity index (χ2v) is 4.77. The van der Waals surface area contributed by atoms with Crippen LogP contribution in [0.15, 0.2) is 24.3 Å². The van der Waals surface area contributed by atoms with Crippen molar-refractivity contribution in [1.82, 2.24) is 9.97 Å². The first kappa shape index (κ1) is 17.0. The number of hydrogen-bond acceptors (Lipinski definition) is 7. The average Bonchev–Trinajstić information content (AvgIpc) is 2.59. The fraction of sp³-hybridized carbons (Fsp3) is 0.375. The molecule has 0 aliphatic rings. The van der Waals surface area contributed by atoms with E-state index in [2.05, 4.69) is 9.97 Å². The zero-order chi connectivity index (χ0) is 16.8. The van der Waals surface area contributed by atoms with Crippen LogP contribution in [0.4, 0.5) is 5.69 Å². The van der Waals surface area contributed by atoms with E-state index in [4.69, 9.17) is 19.9 Å². The maximum atomic E-state index is 10.6. The molecule has 0 spiro atoms. The number of nitrogens with two attached hydrogens (primary N) is 1. The number of ether oxygens (including phenoxy) is 3. The van der Waals surface area contributed by atoms with Crippen LogP contribution in [0.3, 0.4) is 0 Å². The predicted molar refractivity (Wildman–Crippen MR) is 85.4 cm³/mol. The fourth-order valence-corrected chi connectivity index (χ4v) is 2.10. The van der Waals surface area contributed by atoms with Gasteiger partial charge in [-0.3, -0.25) is 0 Å². The summed E-state index contributed by atoms with van der Waals surface area (Å²) < 4.78 is 15.6. The lowest BCUT2D eigenvalue weighted by Gasteiger charge is -2.16. The molecule has 3 N–H and O–H groups in total. The maximum Gasteiger partial charge on any atom is 0.220 e. The summed E-state index contributed by atoms with van der Waals surface area (Å²) in [6.45, 7) is 2.87. The van der Waals surface area contributed by atoms with Gasteiger partial charge < -0.3 is 25.1 Å². The Balaban J connectivity index is 2.38. The maximum absolute atomic E-state index is 10.6. The summed E-state index contributed by atoms with van der Waals surface area (Å²) in [6, 6.07) is 6.92. The lowest BCUT2D eigenvalue weighted by atomic mass is 10.0. The summed E-state index contributed by atoms with van der Waals surface area (Å²) >= 11 is 0. The number of hydrogen-bond donors (Lipinski definition) is 2. The van der Waals surface area contributed by atoms with Gasteiger partial charge >= 0.3 is 0 Å². The molecule has 0 amide bonds. The summed E-state index contributed by atoms with van der Waals surface area (Å²) in [6.07, 6.45) is -1.10. The Morgan fingerprint density at radius 2 is 1.83 bits per heavy atom. The van der Waals surface area contributed by atoms with E-state index < -0.39 is 6.10 Å². The topological polar surface area (TPSA) is 99.7 Å². The third-order valence-electron chi connectivity index (χ3n) is 3.35. The minimum atomic E-state index is -1.10. The predicted octanol–water partition coefficient (Wildman–Crippen LogP) is 1.69. The molecule has 2 rings (SSSR count). The summed E-state index contributed by atoms with van der Waals surface area (Å²) in [5, 5.41) is 10.6. The molecule has 23 heavy (non-hydrogen) atoms. The molecular formula is C16H21N3O4. The fourth-order valence-electron chi connectivity index (χ4n) is 2.10. The Kier molecular flexibility index (Phi) is 5.72. The molecule has 1 atom stereocenters. The number of nitrogen functional groups attached to an aromatic ring is 1. The molecule has 0 aliphatic heterocycles. The lowest BCUT2D eigenvalue weighted by Crippen LogP contribution is -2.11. The van der Waals surface area contributed by atoms with Crippen LogP contribution in [0.5, 0.6) is 11.8 Å². The van der Waals surface area contributed by atoms with Crippen LogP contribution in [0.1, 0.15) is 30.0 Å². The molecule has 7 nitrogen and oxygen atoms in total. The lowest BCUT2D eigenvalue weighted by molar-refractivity contribution is 0.134. The summed E-state index contributed by atoms with van der Waals surface area (Å²) in [7, 11) is 2.96. The van der Waals surface area contributed by atoms with Gasteiger partial charge in [0, 0.05) is 23.4 Å².